The fourth-order valence-corrected chi connectivity index (χ4v) is 3.02. The number of hydrogen-bond donors (Lipinski definition) is 1. The Bertz CT molecular complexity index is 659. The van der Waals surface area contributed by atoms with Gasteiger partial charge in [0.05, 0.1) is 0 Å². The molecule has 4 heteroatoms. The van der Waals surface area contributed by atoms with Crippen LogP contribution in [0.4, 0.5) is 4.39 Å². The molecule has 0 amide bonds. The second kappa shape index (κ2) is 6.04. The van der Waals surface area contributed by atoms with Gasteiger partial charge in [-0.25, -0.2) is 4.39 Å². The first-order valence-corrected chi connectivity index (χ1v) is 7.51. The number of aryl methyl sites for hydroxylation is 1. The number of ether oxygens (including phenoxy) is 1. The molecule has 2 aromatic rings. The molecule has 0 aliphatic carbocycles. The summed E-state index contributed by atoms with van der Waals surface area (Å²) in [5, 5.41) is 0.592. The molecule has 0 aromatic heterocycles. The Labute approximate surface area is 128 Å². The standard InChI is InChI=1S/C17H17ClFNO/c18-16-4-2-1-3-14(16)15-10-12(19)9-11-5-6-13(7-8-20)21-17(11)15/h1-4,9-10,13H,5-8,20H2/t13-/m1/s1. The summed E-state index contributed by atoms with van der Waals surface area (Å²) in [6, 6.07) is 10.5. The summed E-state index contributed by atoms with van der Waals surface area (Å²) in [5.74, 6) is 0.485. The van der Waals surface area contributed by atoms with E-state index in [1.54, 1.807) is 12.1 Å². The molecule has 0 saturated heterocycles. The predicted molar refractivity (Wildman–Crippen MR) is 83.3 cm³/mol. The van der Waals surface area contributed by atoms with Crippen LogP contribution in [-0.4, -0.2) is 12.6 Å². The van der Waals surface area contributed by atoms with E-state index in [-0.39, 0.29) is 11.9 Å². The lowest BCUT2D eigenvalue weighted by Gasteiger charge is -2.28. The third-order valence-corrected chi connectivity index (χ3v) is 4.13. The summed E-state index contributed by atoms with van der Waals surface area (Å²) in [4.78, 5) is 0. The number of hydrogen-bond acceptors (Lipinski definition) is 2. The van der Waals surface area contributed by atoms with Crippen molar-refractivity contribution in [1.29, 1.82) is 0 Å². The van der Waals surface area contributed by atoms with E-state index in [9.17, 15) is 4.39 Å². The topological polar surface area (TPSA) is 35.2 Å². The third-order valence-electron chi connectivity index (χ3n) is 3.80. The minimum atomic E-state index is -0.260. The molecule has 1 atom stereocenters. The lowest BCUT2D eigenvalue weighted by molar-refractivity contribution is 0.167. The molecule has 1 heterocycles. The Kier molecular flexibility index (Phi) is 4.13. The van der Waals surface area contributed by atoms with Gasteiger partial charge < -0.3 is 10.5 Å². The lowest BCUT2D eigenvalue weighted by atomic mass is 9.94. The summed E-state index contributed by atoms with van der Waals surface area (Å²) in [5.41, 5.74) is 8.03. The van der Waals surface area contributed by atoms with E-state index in [2.05, 4.69) is 0 Å². The zero-order valence-electron chi connectivity index (χ0n) is 11.6. The van der Waals surface area contributed by atoms with Gasteiger partial charge in [0.15, 0.2) is 0 Å². The van der Waals surface area contributed by atoms with Crippen LogP contribution in [0.15, 0.2) is 36.4 Å². The van der Waals surface area contributed by atoms with Gasteiger partial charge in [-0.05, 0) is 49.6 Å². The van der Waals surface area contributed by atoms with Crippen molar-refractivity contribution in [2.24, 2.45) is 5.73 Å². The molecule has 1 aliphatic rings. The van der Waals surface area contributed by atoms with Crippen LogP contribution in [-0.2, 0) is 6.42 Å². The molecule has 2 nitrogen and oxygen atoms in total. The number of halogens is 2. The van der Waals surface area contributed by atoms with Crippen molar-refractivity contribution >= 4 is 11.6 Å². The molecule has 3 rings (SSSR count). The van der Waals surface area contributed by atoms with E-state index in [4.69, 9.17) is 22.1 Å². The smallest absolute Gasteiger partial charge is 0.130 e. The van der Waals surface area contributed by atoms with Crippen molar-refractivity contribution in [3.05, 3.63) is 52.8 Å². The van der Waals surface area contributed by atoms with Crippen molar-refractivity contribution in [2.45, 2.75) is 25.4 Å². The van der Waals surface area contributed by atoms with Crippen molar-refractivity contribution in [1.82, 2.24) is 0 Å². The number of rotatable bonds is 3. The van der Waals surface area contributed by atoms with Crippen molar-refractivity contribution in [3.63, 3.8) is 0 Å². The van der Waals surface area contributed by atoms with Crippen LogP contribution < -0.4 is 10.5 Å². The summed E-state index contributed by atoms with van der Waals surface area (Å²) in [6.07, 6.45) is 2.57. The van der Waals surface area contributed by atoms with E-state index < -0.39 is 0 Å². The zero-order valence-corrected chi connectivity index (χ0v) is 12.4. The summed E-state index contributed by atoms with van der Waals surface area (Å²) >= 11 is 6.25. The summed E-state index contributed by atoms with van der Waals surface area (Å²) in [6.45, 7) is 0.586. The average molecular weight is 306 g/mol. The first kappa shape index (κ1) is 14.4. The molecule has 2 N–H and O–H groups in total. The highest BCUT2D eigenvalue weighted by Crippen LogP contribution is 2.41. The van der Waals surface area contributed by atoms with E-state index in [1.165, 1.54) is 6.07 Å². The van der Waals surface area contributed by atoms with E-state index >= 15 is 0 Å². The molecule has 21 heavy (non-hydrogen) atoms. The van der Waals surface area contributed by atoms with Crippen LogP contribution >= 0.6 is 11.6 Å². The highest BCUT2D eigenvalue weighted by molar-refractivity contribution is 6.33. The largest absolute Gasteiger partial charge is 0.489 e. The fourth-order valence-electron chi connectivity index (χ4n) is 2.79. The Morgan fingerprint density at radius 2 is 2.05 bits per heavy atom. The van der Waals surface area contributed by atoms with Crippen LogP contribution in [0.25, 0.3) is 11.1 Å². The number of benzene rings is 2. The number of nitrogens with two attached hydrogens (primary N) is 1. The van der Waals surface area contributed by atoms with E-state index in [0.29, 0.717) is 11.6 Å². The maximum absolute atomic E-state index is 13.9. The Hall–Kier alpha value is -1.58. The molecular weight excluding hydrogens is 289 g/mol. The molecule has 0 bridgehead atoms. The normalized spacial score (nSPS) is 17.2. The van der Waals surface area contributed by atoms with Crippen LogP contribution in [0.1, 0.15) is 18.4 Å². The van der Waals surface area contributed by atoms with Crippen molar-refractivity contribution in [3.8, 4) is 16.9 Å². The predicted octanol–water partition coefficient (Wildman–Crippen LogP) is 4.19. The molecule has 2 aromatic carbocycles. The SMILES string of the molecule is NCC[C@H]1CCc2cc(F)cc(-c3ccccc3Cl)c2O1. The second-order valence-corrected chi connectivity index (χ2v) is 5.68. The van der Waals surface area contributed by atoms with E-state index in [1.807, 2.05) is 18.2 Å². The van der Waals surface area contributed by atoms with E-state index in [0.717, 1.165) is 41.7 Å². The van der Waals surface area contributed by atoms with Gasteiger partial charge in [-0.1, -0.05) is 29.8 Å². The minimum Gasteiger partial charge on any atom is -0.489 e. The number of fused-ring (bicyclic) bond motifs is 1. The third kappa shape index (κ3) is 2.89. The monoisotopic (exact) mass is 305 g/mol. The Morgan fingerprint density at radius 1 is 1.24 bits per heavy atom. The van der Waals surface area contributed by atoms with Gasteiger partial charge >= 0.3 is 0 Å². The Morgan fingerprint density at radius 3 is 2.81 bits per heavy atom. The highest BCUT2D eigenvalue weighted by atomic mass is 35.5. The molecule has 0 saturated carbocycles. The average Bonchev–Trinajstić information content (AvgIpc) is 2.48. The van der Waals surface area contributed by atoms with Crippen molar-refractivity contribution in [2.75, 3.05) is 6.54 Å². The van der Waals surface area contributed by atoms with Gasteiger partial charge in [0, 0.05) is 16.1 Å². The molecule has 0 radical (unpaired) electrons. The van der Waals surface area contributed by atoms with Gasteiger partial charge in [0.25, 0.3) is 0 Å². The van der Waals surface area contributed by atoms with Crippen molar-refractivity contribution < 1.29 is 9.13 Å². The second-order valence-electron chi connectivity index (χ2n) is 5.28. The lowest BCUT2D eigenvalue weighted by Crippen LogP contribution is -2.26. The molecule has 0 unspecified atom stereocenters. The maximum atomic E-state index is 13.9. The van der Waals surface area contributed by atoms with Crippen LogP contribution in [0, 0.1) is 5.82 Å². The van der Waals surface area contributed by atoms with Crippen LogP contribution in [0.3, 0.4) is 0 Å². The van der Waals surface area contributed by atoms with Gasteiger partial charge in [0.2, 0.25) is 0 Å². The molecule has 0 spiro atoms. The first-order valence-electron chi connectivity index (χ1n) is 7.13. The minimum absolute atomic E-state index is 0.0919. The highest BCUT2D eigenvalue weighted by Gasteiger charge is 2.24. The molecule has 0 fully saturated rings. The fraction of sp³-hybridized carbons (Fsp3) is 0.294. The van der Waals surface area contributed by atoms with Gasteiger partial charge in [-0.2, -0.15) is 0 Å². The Balaban J connectivity index is 2.09. The molecule has 110 valence electrons. The van der Waals surface area contributed by atoms with Crippen LogP contribution in [0.2, 0.25) is 5.02 Å². The molecule has 1 aliphatic heterocycles. The van der Waals surface area contributed by atoms with Gasteiger partial charge in [-0.3, -0.25) is 0 Å². The summed E-state index contributed by atoms with van der Waals surface area (Å²) < 4.78 is 20.0. The molecular formula is C17H17ClFNO. The van der Waals surface area contributed by atoms with Gasteiger partial charge in [0.1, 0.15) is 17.7 Å². The quantitative estimate of drug-likeness (QED) is 0.923. The zero-order chi connectivity index (χ0) is 14.8. The summed E-state index contributed by atoms with van der Waals surface area (Å²) in [7, 11) is 0. The maximum Gasteiger partial charge on any atom is 0.130 e. The first-order chi connectivity index (χ1) is 10.2. The van der Waals surface area contributed by atoms with Crippen LogP contribution in [0.5, 0.6) is 5.75 Å². The van der Waals surface area contributed by atoms with Gasteiger partial charge in [-0.15, -0.1) is 0 Å².